The first-order chi connectivity index (χ1) is 8.90. The Morgan fingerprint density at radius 2 is 1.84 bits per heavy atom. The molecule has 0 unspecified atom stereocenters. The summed E-state index contributed by atoms with van der Waals surface area (Å²) in [5, 5.41) is 19.6. The van der Waals surface area contributed by atoms with Crippen molar-refractivity contribution in [3.8, 4) is 0 Å². The number of carboxylic acid groups (broad SMARTS) is 2. The standard InChI is InChI=1S/C13H15NO5/c1-8-4-2-3-5-9(8)6-11(15)14-10(13(18)19)7-12(16)17/h2-5,10H,6-7H2,1H3,(H,14,15)(H,16,17)(H,18,19)/t10-/m0/s1. The number of amides is 1. The third kappa shape index (κ3) is 4.79. The van der Waals surface area contributed by atoms with Crippen LogP contribution in [0.2, 0.25) is 0 Å². The van der Waals surface area contributed by atoms with Crippen molar-refractivity contribution in [2.75, 3.05) is 0 Å². The molecule has 0 radical (unpaired) electrons. The molecule has 1 amide bonds. The normalized spacial score (nSPS) is 11.6. The molecule has 0 saturated heterocycles. The van der Waals surface area contributed by atoms with Gasteiger partial charge in [-0.05, 0) is 18.1 Å². The lowest BCUT2D eigenvalue weighted by molar-refractivity contribution is -0.147. The molecule has 102 valence electrons. The van der Waals surface area contributed by atoms with Gasteiger partial charge in [0, 0.05) is 0 Å². The van der Waals surface area contributed by atoms with E-state index in [1.807, 2.05) is 19.1 Å². The van der Waals surface area contributed by atoms with E-state index < -0.39 is 30.3 Å². The average Bonchev–Trinajstić information content (AvgIpc) is 2.30. The molecule has 0 fully saturated rings. The van der Waals surface area contributed by atoms with Crippen LogP contribution >= 0.6 is 0 Å². The number of carboxylic acids is 2. The molecule has 1 aromatic rings. The maximum absolute atomic E-state index is 11.7. The highest BCUT2D eigenvalue weighted by Crippen LogP contribution is 2.07. The fraction of sp³-hybridized carbons (Fsp3) is 0.308. The zero-order valence-electron chi connectivity index (χ0n) is 10.4. The average molecular weight is 265 g/mol. The smallest absolute Gasteiger partial charge is 0.326 e. The molecule has 0 bridgehead atoms. The minimum absolute atomic E-state index is 0.0239. The summed E-state index contributed by atoms with van der Waals surface area (Å²) in [6, 6.07) is 5.81. The molecule has 0 aliphatic carbocycles. The lowest BCUT2D eigenvalue weighted by Gasteiger charge is -2.13. The van der Waals surface area contributed by atoms with E-state index >= 15 is 0 Å². The highest BCUT2D eigenvalue weighted by Gasteiger charge is 2.23. The minimum atomic E-state index is -1.41. The number of rotatable bonds is 6. The molecule has 6 heteroatoms. The van der Waals surface area contributed by atoms with Crippen molar-refractivity contribution >= 4 is 17.8 Å². The van der Waals surface area contributed by atoms with Gasteiger partial charge in [-0.2, -0.15) is 0 Å². The first kappa shape index (κ1) is 14.7. The molecule has 1 aromatic carbocycles. The first-order valence-electron chi connectivity index (χ1n) is 5.68. The lowest BCUT2D eigenvalue weighted by Crippen LogP contribution is -2.42. The van der Waals surface area contributed by atoms with Crippen LogP contribution in [0.5, 0.6) is 0 Å². The molecule has 6 nitrogen and oxygen atoms in total. The fourth-order valence-corrected chi connectivity index (χ4v) is 1.60. The van der Waals surface area contributed by atoms with Gasteiger partial charge < -0.3 is 15.5 Å². The van der Waals surface area contributed by atoms with Crippen LogP contribution in [0.1, 0.15) is 17.5 Å². The van der Waals surface area contributed by atoms with E-state index in [0.29, 0.717) is 0 Å². The van der Waals surface area contributed by atoms with Crippen molar-refractivity contribution < 1.29 is 24.6 Å². The number of hydrogen-bond acceptors (Lipinski definition) is 3. The summed E-state index contributed by atoms with van der Waals surface area (Å²) >= 11 is 0. The van der Waals surface area contributed by atoms with Gasteiger partial charge in [-0.3, -0.25) is 9.59 Å². The molecular weight excluding hydrogens is 250 g/mol. The maximum atomic E-state index is 11.7. The van der Waals surface area contributed by atoms with Gasteiger partial charge in [0.25, 0.3) is 0 Å². The Kier molecular flexibility index (Phi) is 5.05. The molecule has 0 heterocycles. The lowest BCUT2D eigenvalue weighted by atomic mass is 10.1. The number of nitrogens with one attached hydrogen (secondary N) is 1. The molecule has 0 aliphatic rings. The van der Waals surface area contributed by atoms with Crippen LogP contribution in [0.15, 0.2) is 24.3 Å². The Morgan fingerprint density at radius 1 is 1.21 bits per heavy atom. The third-order valence-electron chi connectivity index (χ3n) is 2.62. The number of carbonyl (C=O) groups excluding carboxylic acids is 1. The number of aliphatic carboxylic acids is 2. The largest absolute Gasteiger partial charge is 0.481 e. The zero-order valence-corrected chi connectivity index (χ0v) is 10.4. The van der Waals surface area contributed by atoms with E-state index in [-0.39, 0.29) is 6.42 Å². The Labute approximate surface area is 110 Å². The van der Waals surface area contributed by atoms with Gasteiger partial charge in [-0.25, -0.2) is 4.79 Å². The Balaban J connectivity index is 2.65. The van der Waals surface area contributed by atoms with Crippen LogP contribution in [0.25, 0.3) is 0 Å². The molecule has 3 N–H and O–H groups in total. The molecule has 0 aliphatic heterocycles. The van der Waals surface area contributed by atoms with Gasteiger partial charge in [0.2, 0.25) is 5.91 Å². The number of benzene rings is 1. The van der Waals surface area contributed by atoms with Gasteiger partial charge in [-0.1, -0.05) is 24.3 Å². The van der Waals surface area contributed by atoms with Crippen molar-refractivity contribution in [2.24, 2.45) is 0 Å². The van der Waals surface area contributed by atoms with Crippen LogP contribution < -0.4 is 5.32 Å². The molecule has 0 spiro atoms. The van der Waals surface area contributed by atoms with Crippen molar-refractivity contribution in [1.29, 1.82) is 0 Å². The topological polar surface area (TPSA) is 104 Å². The SMILES string of the molecule is Cc1ccccc1CC(=O)N[C@@H](CC(=O)O)C(=O)O. The molecule has 1 atom stereocenters. The first-order valence-corrected chi connectivity index (χ1v) is 5.68. The predicted octanol–water partition coefficient (Wildman–Crippen LogP) is 0.582. The van der Waals surface area contributed by atoms with Gasteiger partial charge in [0.15, 0.2) is 0 Å². The molecule has 19 heavy (non-hydrogen) atoms. The van der Waals surface area contributed by atoms with Crippen molar-refractivity contribution in [3.63, 3.8) is 0 Å². The maximum Gasteiger partial charge on any atom is 0.326 e. The van der Waals surface area contributed by atoms with E-state index in [1.54, 1.807) is 12.1 Å². The molecule has 0 saturated carbocycles. The summed E-state index contributed by atoms with van der Waals surface area (Å²) in [6.45, 7) is 1.84. The Bertz CT molecular complexity index is 498. The zero-order chi connectivity index (χ0) is 14.4. The van der Waals surface area contributed by atoms with Gasteiger partial charge >= 0.3 is 11.9 Å². The quantitative estimate of drug-likeness (QED) is 0.698. The van der Waals surface area contributed by atoms with Crippen molar-refractivity contribution in [3.05, 3.63) is 35.4 Å². The minimum Gasteiger partial charge on any atom is -0.481 e. The van der Waals surface area contributed by atoms with Crippen LogP contribution in [0.3, 0.4) is 0 Å². The number of hydrogen-bond donors (Lipinski definition) is 3. The number of carbonyl (C=O) groups is 3. The predicted molar refractivity (Wildman–Crippen MR) is 66.7 cm³/mol. The Hall–Kier alpha value is -2.37. The second-order valence-corrected chi connectivity index (χ2v) is 4.16. The number of aryl methyl sites for hydroxylation is 1. The van der Waals surface area contributed by atoms with E-state index in [2.05, 4.69) is 5.32 Å². The fourth-order valence-electron chi connectivity index (χ4n) is 1.60. The molecular formula is C13H15NO5. The van der Waals surface area contributed by atoms with Crippen LogP contribution in [-0.2, 0) is 20.8 Å². The molecule has 1 rings (SSSR count). The van der Waals surface area contributed by atoms with Crippen molar-refractivity contribution in [2.45, 2.75) is 25.8 Å². The van der Waals surface area contributed by atoms with Gasteiger partial charge in [-0.15, -0.1) is 0 Å². The van der Waals surface area contributed by atoms with Crippen LogP contribution in [-0.4, -0.2) is 34.1 Å². The van der Waals surface area contributed by atoms with E-state index in [4.69, 9.17) is 10.2 Å². The highest BCUT2D eigenvalue weighted by atomic mass is 16.4. The van der Waals surface area contributed by atoms with Gasteiger partial charge in [0.1, 0.15) is 6.04 Å². The molecule has 0 aromatic heterocycles. The summed E-state index contributed by atoms with van der Waals surface area (Å²) in [6.07, 6.45) is -0.620. The highest BCUT2D eigenvalue weighted by molar-refractivity contribution is 5.87. The van der Waals surface area contributed by atoms with E-state index in [0.717, 1.165) is 11.1 Å². The monoisotopic (exact) mass is 265 g/mol. The summed E-state index contributed by atoms with van der Waals surface area (Å²) in [5.74, 6) is -3.15. The second-order valence-electron chi connectivity index (χ2n) is 4.16. The summed E-state index contributed by atoms with van der Waals surface area (Å²) < 4.78 is 0. The van der Waals surface area contributed by atoms with Crippen LogP contribution in [0, 0.1) is 6.92 Å². The van der Waals surface area contributed by atoms with Crippen LogP contribution in [0.4, 0.5) is 0 Å². The van der Waals surface area contributed by atoms with Crippen molar-refractivity contribution in [1.82, 2.24) is 5.32 Å². The summed E-state index contributed by atoms with van der Waals surface area (Å²) in [7, 11) is 0. The van der Waals surface area contributed by atoms with E-state index in [1.165, 1.54) is 0 Å². The third-order valence-corrected chi connectivity index (χ3v) is 2.62. The Morgan fingerprint density at radius 3 is 2.37 bits per heavy atom. The second kappa shape index (κ2) is 6.53. The summed E-state index contributed by atoms with van der Waals surface area (Å²) in [4.78, 5) is 33.0. The van der Waals surface area contributed by atoms with E-state index in [9.17, 15) is 14.4 Å². The van der Waals surface area contributed by atoms with Gasteiger partial charge in [0.05, 0.1) is 12.8 Å². The summed E-state index contributed by atoms with van der Waals surface area (Å²) in [5.41, 5.74) is 1.70.